The Morgan fingerprint density at radius 1 is 1.10 bits per heavy atom. The molecule has 1 aromatic heterocycles. The van der Waals surface area contributed by atoms with Crippen LogP contribution < -0.4 is 4.74 Å². The van der Waals surface area contributed by atoms with Gasteiger partial charge in [-0.05, 0) is 72.5 Å². The molecule has 1 aliphatic rings. The molecular formula is C25H21BrN2O3. The highest BCUT2D eigenvalue weighted by molar-refractivity contribution is 9.10. The van der Waals surface area contributed by atoms with Gasteiger partial charge in [-0.2, -0.15) is 0 Å². The molecule has 3 aromatic carbocycles. The van der Waals surface area contributed by atoms with E-state index in [4.69, 9.17) is 14.1 Å². The first-order valence-corrected chi connectivity index (χ1v) is 11.0. The van der Waals surface area contributed by atoms with Crippen molar-refractivity contribution in [2.75, 3.05) is 13.7 Å². The maximum atomic E-state index is 13.1. The third-order valence-corrected chi connectivity index (χ3v) is 6.23. The number of carbonyl (C=O) groups excluding carboxylic acids is 1. The van der Waals surface area contributed by atoms with Crippen LogP contribution >= 0.6 is 15.9 Å². The van der Waals surface area contributed by atoms with E-state index in [1.807, 2.05) is 71.6 Å². The van der Waals surface area contributed by atoms with Gasteiger partial charge in [-0.1, -0.05) is 34.1 Å². The molecule has 1 aliphatic heterocycles. The summed E-state index contributed by atoms with van der Waals surface area (Å²) < 4.78 is 12.4. The van der Waals surface area contributed by atoms with E-state index in [-0.39, 0.29) is 11.9 Å². The van der Waals surface area contributed by atoms with E-state index < -0.39 is 0 Å². The fourth-order valence-electron chi connectivity index (χ4n) is 4.09. The second-order valence-electron chi connectivity index (χ2n) is 7.63. The Labute approximate surface area is 188 Å². The first-order chi connectivity index (χ1) is 15.1. The van der Waals surface area contributed by atoms with Crippen molar-refractivity contribution in [3.8, 4) is 16.9 Å². The van der Waals surface area contributed by atoms with Gasteiger partial charge >= 0.3 is 0 Å². The third kappa shape index (κ3) is 3.83. The summed E-state index contributed by atoms with van der Waals surface area (Å²) in [6.07, 6.45) is 1.78. The molecule has 6 heteroatoms. The molecular weight excluding hydrogens is 456 g/mol. The monoisotopic (exact) mass is 476 g/mol. The van der Waals surface area contributed by atoms with Gasteiger partial charge in [0.15, 0.2) is 5.58 Å². The minimum atomic E-state index is -0.149. The summed E-state index contributed by atoms with van der Waals surface area (Å²) in [4.78, 5) is 19.7. The molecule has 4 aromatic rings. The van der Waals surface area contributed by atoms with Crippen LogP contribution in [0.2, 0.25) is 0 Å². The lowest BCUT2D eigenvalue weighted by Crippen LogP contribution is -2.30. The van der Waals surface area contributed by atoms with E-state index in [2.05, 4.69) is 15.9 Å². The van der Waals surface area contributed by atoms with Gasteiger partial charge < -0.3 is 14.1 Å². The number of ether oxygens (including phenoxy) is 1. The highest BCUT2D eigenvalue weighted by atomic mass is 79.9. The zero-order chi connectivity index (χ0) is 21.4. The summed E-state index contributed by atoms with van der Waals surface area (Å²) in [5.41, 5.74) is 4.29. The van der Waals surface area contributed by atoms with Crippen LogP contribution in [-0.2, 0) is 0 Å². The summed E-state index contributed by atoms with van der Waals surface area (Å²) in [6.45, 7) is 0.702. The molecule has 1 amide bonds. The lowest BCUT2D eigenvalue weighted by Gasteiger charge is -2.22. The van der Waals surface area contributed by atoms with Crippen molar-refractivity contribution in [2.24, 2.45) is 0 Å². The quantitative estimate of drug-likeness (QED) is 0.349. The molecule has 1 fully saturated rings. The topological polar surface area (TPSA) is 55.6 Å². The average Bonchev–Trinajstić information content (AvgIpc) is 3.45. The van der Waals surface area contributed by atoms with Crippen molar-refractivity contribution in [1.82, 2.24) is 9.88 Å². The van der Waals surface area contributed by atoms with Crippen LogP contribution in [0.5, 0.6) is 5.75 Å². The van der Waals surface area contributed by atoms with Crippen LogP contribution in [0.3, 0.4) is 0 Å². The number of nitrogens with zero attached hydrogens (tertiary/aromatic N) is 2. The predicted molar refractivity (Wildman–Crippen MR) is 123 cm³/mol. The molecule has 0 spiro atoms. The van der Waals surface area contributed by atoms with Crippen LogP contribution in [-0.4, -0.2) is 29.4 Å². The molecule has 2 heterocycles. The molecule has 0 radical (unpaired) electrons. The number of likely N-dealkylation sites (tertiary alicyclic amines) is 1. The summed E-state index contributed by atoms with van der Waals surface area (Å²) >= 11 is 3.42. The van der Waals surface area contributed by atoms with Gasteiger partial charge in [-0.25, -0.2) is 4.98 Å². The van der Waals surface area contributed by atoms with Crippen molar-refractivity contribution in [1.29, 1.82) is 0 Å². The molecule has 5 rings (SSSR count). The molecule has 156 valence electrons. The van der Waals surface area contributed by atoms with E-state index >= 15 is 0 Å². The zero-order valence-corrected chi connectivity index (χ0v) is 18.6. The Hall–Kier alpha value is -3.12. The van der Waals surface area contributed by atoms with Crippen molar-refractivity contribution in [2.45, 2.75) is 18.9 Å². The normalized spacial score (nSPS) is 16.1. The summed E-state index contributed by atoms with van der Waals surface area (Å²) in [5, 5.41) is 0. The molecule has 0 aliphatic carbocycles. The van der Waals surface area contributed by atoms with Gasteiger partial charge in [0.05, 0.1) is 7.11 Å². The number of oxazole rings is 1. The van der Waals surface area contributed by atoms with Crippen LogP contribution in [0, 0.1) is 0 Å². The molecule has 0 unspecified atom stereocenters. The fraction of sp³-hybridized carbons (Fsp3) is 0.200. The molecule has 0 saturated carbocycles. The molecule has 1 atom stereocenters. The Bertz CT molecular complexity index is 1250. The Morgan fingerprint density at radius 3 is 2.71 bits per heavy atom. The summed E-state index contributed by atoms with van der Waals surface area (Å²) in [7, 11) is 1.66. The number of aromatic nitrogens is 1. The summed E-state index contributed by atoms with van der Waals surface area (Å²) in [5.74, 6) is 1.42. The number of hydrogen-bond donors (Lipinski definition) is 0. The van der Waals surface area contributed by atoms with Gasteiger partial charge in [0, 0.05) is 16.6 Å². The zero-order valence-electron chi connectivity index (χ0n) is 17.0. The smallest absolute Gasteiger partial charge is 0.254 e. The van der Waals surface area contributed by atoms with Crippen LogP contribution in [0.25, 0.3) is 22.2 Å². The maximum Gasteiger partial charge on any atom is 0.254 e. The predicted octanol–water partition coefficient (Wildman–Crippen LogP) is 6.24. The highest BCUT2D eigenvalue weighted by Gasteiger charge is 2.34. The van der Waals surface area contributed by atoms with Crippen molar-refractivity contribution in [3.05, 3.63) is 82.7 Å². The number of rotatable bonds is 4. The third-order valence-electron chi connectivity index (χ3n) is 5.70. The molecule has 1 saturated heterocycles. The number of fused-ring (bicyclic) bond motifs is 1. The first kappa shape index (κ1) is 19.8. The number of carbonyl (C=O) groups is 1. The second-order valence-corrected chi connectivity index (χ2v) is 8.55. The van der Waals surface area contributed by atoms with Gasteiger partial charge in [-0.15, -0.1) is 0 Å². The van der Waals surface area contributed by atoms with Crippen LogP contribution in [0.4, 0.5) is 0 Å². The number of benzene rings is 3. The largest absolute Gasteiger partial charge is 0.497 e. The minimum Gasteiger partial charge on any atom is -0.497 e. The molecule has 5 nitrogen and oxygen atoms in total. The Morgan fingerprint density at radius 2 is 1.90 bits per heavy atom. The second kappa shape index (κ2) is 8.19. The lowest BCUT2D eigenvalue weighted by atomic mass is 10.1. The first-order valence-electron chi connectivity index (χ1n) is 10.2. The average molecular weight is 477 g/mol. The van der Waals surface area contributed by atoms with Gasteiger partial charge in [0.25, 0.3) is 5.91 Å². The Balaban J connectivity index is 1.45. The van der Waals surface area contributed by atoms with Crippen LogP contribution in [0.15, 0.2) is 75.6 Å². The number of hydrogen-bond acceptors (Lipinski definition) is 4. The Kier molecular flexibility index (Phi) is 5.24. The SMILES string of the molecule is COc1cccc(-c2ccc3oc([C@@H]4CCCN4C(=O)c4ccc(Br)cc4)nc3c2)c1. The van der Waals surface area contributed by atoms with Crippen molar-refractivity contribution in [3.63, 3.8) is 0 Å². The summed E-state index contributed by atoms with van der Waals surface area (Å²) in [6, 6.07) is 21.2. The van der Waals surface area contributed by atoms with Crippen molar-refractivity contribution < 1.29 is 13.9 Å². The number of methoxy groups -OCH3 is 1. The number of amides is 1. The lowest BCUT2D eigenvalue weighted by molar-refractivity contribution is 0.0717. The van der Waals surface area contributed by atoms with Gasteiger partial charge in [-0.3, -0.25) is 4.79 Å². The standard InChI is InChI=1S/C25H21BrN2O3/c1-30-20-5-2-4-17(14-20)18-9-12-23-21(15-18)27-24(31-23)22-6-3-13-28(22)25(29)16-7-10-19(26)11-8-16/h2,4-5,7-12,14-15,22H,3,6,13H2,1H3/t22-/m0/s1. The van der Waals surface area contributed by atoms with E-state index in [0.717, 1.165) is 45.3 Å². The molecule has 0 N–H and O–H groups in total. The molecule has 31 heavy (non-hydrogen) atoms. The van der Waals surface area contributed by atoms with E-state index in [9.17, 15) is 4.79 Å². The highest BCUT2D eigenvalue weighted by Crippen LogP contribution is 2.35. The minimum absolute atomic E-state index is 0.00863. The van der Waals surface area contributed by atoms with Crippen molar-refractivity contribution >= 4 is 32.9 Å². The van der Waals surface area contributed by atoms with Gasteiger partial charge in [0.2, 0.25) is 5.89 Å². The maximum absolute atomic E-state index is 13.1. The molecule has 0 bridgehead atoms. The van der Waals surface area contributed by atoms with E-state index in [0.29, 0.717) is 18.0 Å². The van der Waals surface area contributed by atoms with E-state index in [1.54, 1.807) is 7.11 Å². The van der Waals surface area contributed by atoms with Gasteiger partial charge in [0.1, 0.15) is 17.3 Å². The van der Waals surface area contributed by atoms with E-state index in [1.165, 1.54) is 0 Å². The fourth-order valence-corrected chi connectivity index (χ4v) is 4.36. The van der Waals surface area contributed by atoms with Crippen LogP contribution in [0.1, 0.15) is 35.1 Å². The number of halogens is 1.